The van der Waals surface area contributed by atoms with Crippen LogP contribution >= 0.6 is 0 Å². The summed E-state index contributed by atoms with van der Waals surface area (Å²) < 4.78 is 5.73. The van der Waals surface area contributed by atoms with E-state index < -0.39 is 17.0 Å². The number of carbonyl (C=O) groups is 1. The summed E-state index contributed by atoms with van der Waals surface area (Å²) in [5, 5.41) is 18.4. The first kappa shape index (κ1) is 15.8. The Labute approximate surface area is 130 Å². The molecule has 0 heterocycles. The van der Waals surface area contributed by atoms with E-state index in [1.165, 1.54) is 7.11 Å². The number of carboxylic acids is 1. The molecule has 0 saturated heterocycles. The number of ether oxygens (including phenoxy) is 1. The monoisotopic (exact) mass is 295 g/mol. The van der Waals surface area contributed by atoms with Crippen LogP contribution in [0.15, 0.2) is 42.0 Å². The van der Waals surface area contributed by atoms with Gasteiger partial charge in [-0.05, 0) is 25.3 Å². The quantitative estimate of drug-likeness (QED) is 0.685. The molecule has 0 aliphatic heterocycles. The Morgan fingerprint density at radius 2 is 2.05 bits per heavy atom. The molecule has 1 N–H and O–H groups in total. The number of aliphatic carboxylic acids is 1. The van der Waals surface area contributed by atoms with Crippen LogP contribution in [0.4, 0.5) is 0 Å². The summed E-state index contributed by atoms with van der Waals surface area (Å²) in [6, 6.07) is 11.7. The van der Waals surface area contributed by atoms with Crippen molar-refractivity contribution in [1.29, 1.82) is 5.26 Å². The Kier molecular flexibility index (Phi) is 4.35. The fourth-order valence-corrected chi connectivity index (χ4v) is 2.58. The van der Waals surface area contributed by atoms with Crippen LogP contribution < -0.4 is 0 Å². The molecular formula is C18H17NO3. The van der Waals surface area contributed by atoms with Gasteiger partial charge >= 0.3 is 5.97 Å². The van der Waals surface area contributed by atoms with Crippen LogP contribution in [0.5, 0.6) is 0 Å². The lowest BCUT2D eigenvalue weighted by Crippen LogP contribution is -2.37. The minimum atomic E-state index is -1.05. The van der Waals surface area contributed by atoms with Gasteiger partial charge in [0.25, 0.3) is 0 Å². The van der Waals surface area contributed by atoms with Crippen molar-refractivity contribution in [3.05, 3.63) is 47.5 Å². The van der Waals surface area contributed by atoms with E-state index in [-0.39, 0.29) is 0 Å². The van der Waals surface area contributed by atoms with E-state index in [0.29, 0.717) is 18.4 Å². The molecule has 0 aromatic heterocycles. The van der Waals surface area contributed by atoms with Gasteiger partial charge in [0, 0.05) is 18.8 Å². The first-order chi connectivity index (χ1) is 10.5. The van der Waals surface area contributed by atoms with Gasteiger partial charge in [0.2, 0.25) is 0 Å². The van der Waals surface area contributed by atoms with E-state index in [0.717, 1.165) is 11.6 Å². The average molecular weight is 295 g/mol. The number of rotatable bonds is 4. The molecule has 0 amide bonds. The molecule has 1 aliphatic rings. The maximum atomic E-state index is 10.7. The first-order valence-corrected chi connectivity index (χ1v) is 6.96. The molecule has 1 atom stereocenters. The molecule has 0 unspecified atom stereocenters. The molecular weight excluding hydrogens is 278 g/mol. The van der Waals surface area contributed by atoms with Crippen molar-refractivity contribution in [3.8, 4) is 17.9 Å². The van der Waals surface area contributed by atoms with E-state index in [1.54, 1.807) is 6.92 Å². The number of allylic oxidation sites excluding steroid dienone is 1. The molecule has 2 rings (SSSR count). The van der Waals surface area contributed by atoms with E-state index in [1.807, 2.05) is 30.3 Å². The van der Waals surface area contributed by atoms with Gasteiger partial charge in [-0.1, -0.05) is 42.2 Å². The summed E-state index contributed by atoms with van der Waals surface area (Å²) in [7, 11) is 1.54. The zero-order valence-corrected chi connectivity index (χ0v) is 12.6. The van der Waals surface area contributed by atoms with Crippen LogP contribution in [0.3, 0.4) is 0 Å². The molecule has 1 aromatic carbocycles. The van der Waals surface area contributed by atoms with E-state index in [9.17, 15) is 10.1 Å². The SMILES string of the molecule is CO[C@](C#C/C(C)=C\C(=O)O)(c1ccccc1)C1(C#N)CC1. The van der Waals surface area contributed by atoms with Gasteiger partial charge in [-0.2, -0.15) is 5.26 Å². The van der Waals surface area contributed by atoms with Gasteiger partial charge in [-0.25, -0.2) is 4.79 Å². The molecule has 1 fully saturated rings. The number of nitriles is 1. The van der Waals surface area contributed by atoms with Gasteiger partial charge < -0.3 is 9.84 Å². The summed E-state index contributed by atoms with van der Waals surface area (Å²) >= 11 is 0. The molecule has 4 heteroatoms. The Morgan fingerprint density at radius 3 is 2.50 bits per heavy atom. The zero-order valence-electron chi connectivity index (χ0n) is 12.6. The fraction of sp³-hybridized carbons (Fsp3) is 0.333. The van der Waals surface area contributed by atoms with Crippen LogP contribution in [0.2, 0.25) is 0 Å². The van der Waals surface area contributed by atoms with Crippen molar-refractivity contribution < 1.29 is 14.6 Å². The Bertz CT molecular complexity index is 699. The van der Waals surface area contributed by atoms with Crippen LogP contribution in [0.1, 0.15) is 25.3 Å². The summed E-state index contributed by atoms with van der Waals surface area (Å²) in [6.07, 6.45) is 2.47. The number of benzene rings is 1. The molecule has 0 radical (unpaired) electrons. The maximum absolute atomic E-state index is 10.7. The maximum Gasteiger partial charge on any atom is 0.329 e. The zero-order chi connectivity index (χ0) is 16.2. The third kappa shape index (κ3) is 2.74. The van der Waals surface area contributed by atoms with Crippen molar-refractivity contribution in [2.24, 2.45) is 5.41 Å². The van der Waals surface area contributed by atoms with Gasteiger partial charge in [0.1, 0.15) is 5.41 Å². The number of nitrogens with zero attached hydrogens (tertiary/aromatic N) is 1. The Morgan fingerprint density at radius 1 is 1.41 bits per heavy atom. The summed E-state index contributed by atoms with van der Waals surface area (Å²) in [5.74, 6) is 4.83. The minimum Gasteiger partial charge on any atom is -0.478 e. The number of hydrogen-bond donors (Lipinski definition) is 1. The molecule has 0 spiro atoms. The van der Waals surface area contributed by atoms with Crippen molar-refractivity contribution in [1.82, 2.24) is 0 Å². The lowest BCUT2D eigenvalue weighted by atomic mass is 9.79. The Balaban J connectivity index is 2.55. The first-order valence-electron chi connectivity index (χ1n) is 6.96. The van der Waals surface area contributed by atoms with Gasteiger partial charge in [-0.15, -0.1) is 0 Å². The predicted molar refractivity (Wildman–Crippen MR) is 81.6 cm³/mol. The Hall–Kier alpha value is -2.56. The number of methoxy groups -OCH3 is 1. The third-order valence-corrected chi connectivity index (χ3v) is 3.90. The fourth-order valence-electron chi connectivity index (χ4n) is 2.58. The molecule has 1 saturated carbocycles. The summed E-state index contributed by atoms with van der Waals surface area (Å²) in [4.78, 5) is 10.7. The second kappa shape index (κ2) is 6.05. The van der Waals surface area contributed by atoms with Crippen LogP contribution in [0.25, 0.3) is 0 Å². The van der Waals surface area contributed by atoms with E-state index >= 15 is 0 Å². The molecule has 4 nitrogen and oxygen atoms in total. The van der Waals surface area contributed by atoms with Crippen molar-refractivity contribution in [2.45, 2.75) is 25.4 Å². The van der Waals surface area contributed by atoms with E-state index in [2.05, 4.69) is 17.9 Å². The standard InChI is InChI=1S/C18H17NO3/c1-14(12-16(20)21)8-9-18(22-2,17(13-19)10-11-17)15-6-4-3-5-7-15/h3-7,12H,10-11H2,1-2H3,(H,20,21)/b14-12-/t18-/m1/s1. The van der Waals surface area contributed by atoms with Crippen molar-refractivity contribution in [3.63, 3.8) is 0 Å². The van der Waals surface area contributed by atoms with Gasteiger partial charge in [0.05, 0.1) is 6.07 Å². The van der Waals surface area contributed by atoms with Crippen LogP contribution in [-0.4, -0.2) is 18.2 Å². The number of carboxylic acid groups (broad SMARTS) is 1. The van der Waals surface area contributed by atoms with Crippen LogP contribution in [0, 0.1) is 28.6 Å². The summed E-state index contributed by atoms with van der Waals surface area (Å²) in [6.45, 7) is 1.62. The average Bonchev–Trinajstić information content (AvgIpc) is 3.30. The minimum absolute atomic E-state index is 0.415. The van der Waals surface area contributed by atoms with Gasteiger partial charge in [0.15, 0.2) is 5.60 Å². The second-order valence-electron chi connectivity index (χ2n) is 5.36. The third-order valence-electron chi connectivity index (χ3n) is 3.90. The predicted octanol–water partition coefficient (Wildman–Crippen LogP) is 2.87. The second-order valence-corrected chi connectivity index (χ2v) is 5.36. The van der Waals surface area contributed by atoms with E-state index in [4.69, 9.17) is 9.84 Å². The molecule has 22 heavy (non-hydrogen) atoms. The number of hydrogen-bond acceptors (Lipinski definition) is 3. The lowest BCUT2D eigenvalue weighted by Gasteiger charge is -2.32. The lowest BCUT2D eigenvalue weighted by molar-refractivity contribution is -0.131. The highest BCUT2D eigenvalue weighted by Gasteiger charge is 2.61. The molecule has 0 bridgehead atoms. The topological polar surface area (TPSA) is 70.3 Å². The summed E-state index contributed by atoms with van der Waals surface area (Å²) in [5.41, 5.74) is -0.498. The normalized spacial score (nSPS) is 18.3. The van der Waals surface area contributed by atoms with Crippen molar-refractivity contribution >= 4 is 5.97 Å². The van der Waals surface area contributed by atoms with Crippen LogP contribution in [-0.2, 0) is 15.1 Å². The molecule has 1 aromatic rings. The highest BCUT2D eigenvalue weighted by atomic mass is 16.5. The largest absolute Gasteiger partial charge is 0.478 e. The highest BCUT2D eigenvalue weighted by molar-refractivity contribution is 5.81. The van der Waals surface area contributed by atoms with Crippen molar-refractivity contribution in [2.75, 3.05) is 7.11 Å². The molecule has 112 valence electrons. The highest BCUT2D eigenvalue weighted by Crippen LogP contribution is 2.59. The van der Waals surface area contributed by atoms with Gasteiger partial charge in [-0.3, -0.25) is 0 Å². The smallest absolute Gasteiger partial charge is 0.329 e. The molecule has 1 aliphatic carbocycles.